The summed E-state index contributed by atoms with van der Waals surface area (Å²) in [4.78, 5) is 0. The Morgan fingerprint density at radius 2 is 1.65 bits per heavy atom. The van der Waals surface area contributed by atoms with Gasteiger partial charge in [-0.1, -0.05) is 45.4 Å². The maximum absolute atomic E-state index is 6.00. The van der Waals surface area contributed by atoms with Crippen LogP contribution in [0.2, 0.25) is 5.02 Å². The zero-order valence-corrected chi connectivity index (χ0v) is 12.1. The van der Waals surface area contributed by atoms with Crippen LogP contribution in [0.15, 0.2) is 24.3 Å². The third-order valence-corrected chi connectivity index (χ3v) is 2.94. The second-order valence-electron chi connectivity index (χ2n) is 5.61. The van der Waals surface area contributed by atoms with Crippen molar-refractivity contribution in [2.75, 3.05) is 5.32 Å². The summed E-state index contributed by atoms with van der Waals surface area (Å²) in [7, 11) is 0. The first-order valence-electron chi connectivity index (χ1n) is 6.49. The van der Waals surface area contributed by atoms with Crippen LogP contribution < -0.4 is 5.32 Å². The lowest BCUT2D eigenvalue weighted by Gasteiger charge is -2.23. The summed E-state index contributed by atoms with van der Waals surface area (Å²) in [6.07, 6.45) is 2.40. The standard InChI is InChI=1S/C15H24ClN/c1-11(2)8-15(9-12(3)4)17-14-7-5-6-13(16)10-14/h5-7,10-12,15,17H,8-9H2,1-4H3. The summed E-state index contributed by atoms with van der Waals surface area (Å²) >= 11 is 6.00. The lowest BCUT2D eigenvalue weighted by atomic mass is 9.95. The molecule has 0 saturated heterocycles. The molecule has 0 radical (unpaired) electrons. The fourth-order valence-electron chi connectivity index (χ4n) is 2.17. The molecule has 0 saturated carbocycles. The quantitative estimate of drug-likeness (QED) is 0.734. The molecule has 2 heteroatoms. The molecule has 0 unspecified atom stereocenters. The van der Waals surface area contributed by atoms with Gasteiger partial charge in [0, 0.05) is 16.8 Å². The highest BCUT2D eigenvalue weighted by Crippen LogP contribution is 2.21. The molecule has 1 aromatic rings. The Hall–Kier alpha value is -0.690. The van der Waals surface area contributed by atoms with E-state index >= 15 is 0 Å². The van der Waals surface area contributed by atoms with Gasteiger partial charge in [-0.25, -0.2) is 0 Å². The monoisotopic (exact) mass is 253 g/mol. The number of hydrogen-bond acceptors (Lipinski definition) is 1. The van der Waals surface area contributed by atoms with E-state index in [1.54, 1.807) is 0 Å². The first-order valence-corrected chi connectivity index (χ1v) is 6.87. The molecule has 0 fully saturated rings. The molecule has 0 atom stereocenters. The van der Waals surface area contributed by atoms with Crippen molar-refractivity contribution in [3.8, 4) is 0 Å². The Morgan fingerprint density at radius 3 is 2.12 bits per heavy atom. The average Bonchev–Trinajstić information content (AvgIpc) is 2.14. The average molecular weight is 254 g/mol. The molecule has 1 aromatic carbocycles. The van der Waals surface area contributed by atoms with Gasteiger partial charge in [0.2, 0.25) is 0 Å². The van der Waals surface area contributed by atoms with Crippen LogP contribution >= 0.6 is 11.6 Å². The van der Waals surface area contributed by atoms with Crippen LogP contribution in [-0.2, 0) is 0 Å². The van der Waals surface area contributed by atoms with E-state index in [4.69, 9.17) is 11.6 Å². The van der Waals surface area contributed by atoms with E-state index in [0.717, 1.165) is 10.7 Å². The van der Waals surface area contributed by atoms with Crippen LogP contribution in [0.1, 0.15) is 40.5 Å². The lowest BCUT2D eigenvalue weighted by molar-refractivity contribution is 0.442. The Morgan fingerprint density at radius 1 is 1.06 bits per heavy atom. The number of nitrogens with one attached hydrogen (secondary N) is 1. The number of hydrogen-bond donors (Lipinski definition) is 1. The number of rotatable bonds is 6. The Bertz CT molecular complexity index is 323. The molecule has 0 heterocycles. The summed E-state index contributed by atoms with van der Waals surface area (Å²) in [5.41, 5.74) is 1.13. The van der Waals surface area contributed by atoms with Crippen molar-refractivity contribution in [3.05, 3.63) is 29.3 Å². The van der Waals surface area contributed by atoms with Gasteiger partial charge >= 0.3 is 0 Å². The van der Waals surface area contributed by atoms with E-state index in [9.17, 15) is 0 Å². The fraction of sp³-hybridized carbons (Fsp3) is 0.600. The minimum atomic E-state index is 0.536. The first kappa shape index (κ1) is 14.4. The lowest BCUT2D eigenvalue weighted by Crippen LogP contribution is -2.23. The van der Waals surface area contributed by atoms with Crippen molar-refractivity contribution < 1.29 is 0 Å². The summed E-state index contributed by atoms with van der Waals surface area (Å²) in [6.45, 7) is 9.08. The van der Waals surface area contributed by atoms with Crippen molar-refractivity contribution in [1.29, 1.82) is 0 Å². The van der Waals surface area contributed by atoms with E-state index in [1.807, 2.05) is 18.2 Å². The molecule has 1 nitrogen and oxygen atoms in total. The predicted molar refractivity (Wildman–Crippen MR) is 77.8 cm³/mol. The van der Waals surface area contributed by atoms with Crippen molar-refractivity contribution in [1.82, 2.24) is 0 Å². The number of benzene rings is 1. The third kappa shape index (κ3) is 5.97. The SMILES string of the molecule is CC(C)CC(CC(C)C)Nc1cccc(Cl)c1. The van der Waals surface area contributed by atoms with Gasteiger partial charge in [-0.15, -0.1) is 0 Å². The largest absolute Gasteiger partial charge is 0.382 e. The predicted octanol–water partition coefficient (Wildman–Crippen LogP) is 5.21. The Kier molecular flexibility index (Phi) is 5.84. The maximum atomic E-state index is 6.00. The maximum Gasteiger partial charge on any atom is 0.0426 e. The molecule has 0 bridgehead atoms. The molecule has 0 aliphatic carbocycles. The summed E-state index contributed by atoms with van der Waals surface area (Å²) in [6, 6.07) is 8.52. The van der Waals surface area contributed by atoms with Crippen molar-refractivity contribution in [3.63, 3.8) is 0 Å². The summed E-state index contributed by atoms with van der Waals surface area (Å²) in [5.74, 6) is 1.43. The van der Waals surface area contributed by atoms with E-state index in [2.05, 4.69) is 39.1 Å². The van der Waals surface area contributed by atoms with Gasteiger partial charge in [-0.2, -0.15) is 0 Å². The van der Waals surface area contributed by atoms with Crippen molar-refractivity contribution in [2.45, 2.75) is 46.6 Å². The van der Waals surface area contributed by atoms with Gasteiger partial charge in [-0.05, 0) is 42.9 Å². The van der Waals surface area contributed by atoms with Gasteiger partial charge in [0.1, 0.15) is 0 Å². The molecule has 17 heavy (non-hydrogen) atoms. The fourth-order valence-corrected chi connectivity index (χ4v) is 2.36. The van der Waals surface area contributed by atoms with Crippen LogP contribution in [0.25, 0.3) is 0 Å². The van der Waals surface area contributed by atoms with Gasteiger partial charge in [0.15, 0.2) is 0 Å². The first-order chi connectivity index (χ1) is 7.97. The highest BCUT2D eigenvalue weighted by atomic mass is 35.5. The molecule has 0 aromatic heterocycles. The van der Waals surface area contributed by atoms with E-state index in [1.165, 1.54) is 12.8 Å². The van der Waals surface area contributed by atoms with Gasteiger partial charge < -0.3 is 5.32 Å². The highest BCUT2D eigenvalue weighted by molar-refractivity contribution is 6.30. The van der Waals surface area contributed by atoms with E-state index in [0.29, 0.717) is 17.9 Å². The minimum Gasteiger partial charge on any atom is -0.382 e. The van der Waals surface area contributed by atoms with Crippen LogP contribution in [0.4, 0.5) is 5.69 Å². The molecular formula is C15H24ClN. The smallest absolute Gasteiger partial charge is 0.0426 e. The second-order valence-corrected chi connectivity index (χ2v) is 6.05. The molecule has 1 rings (SSSR count). The zero-order chi connectivity index (χ0) is 12.8. The number of anilines is 1. The van der Waals surface area contributed by atoms with E-state index < -0.39 is 0 Å². The molecule has 0 aliphatic heterocycles. The summed E-state index contributed by atoms with van der Waals surface area (Å²) in [5, 5.41) is 4.39. The second kappa shape index (κ2) is 6.90. The number of halogens is 1. The molecule has 0 aliphatic rings. The highest BCUT2D eigenvalue weighted by Gasteiger charge is 2.12. The molecule has 96 valence electrons. The normalized spacial score (nSPS) is 11.5. The van der Waals surface area contributed by atoms with E-state index in [-0.39, 0.29) is 0 Å². The van der Waals surface area contributed by atoms with Crippen LogP contribution in [-0.4, -0.2) is 6.04 Å². The Labute approximate surface area is 111 Å². The van der Waals surface area contributed by atoms with Crippen LogP contribution in [0.5, 0.6) is 0 Å². The summed E-state index contributed by atoms with van der Waals surface area (Å²) < 4.78 is 0. The molecular weight excluding hydrogens is 230 g/mol. The topological polar surface area (TPSA) is 12.0 Å². The van der Waals surface area contributed by atoms with Crippen LogP contribution in [0, 0.1) is 11.8 Å². The van der Waals surface area contributed by atoms with Gasteiger partial charge in [0.05, 0.1) is 0 Å². The third-order valence-electron chi connectivity index (χ3n) is 2.71. The molecule has 0 amide bonds. The van der Waals surface area contributed by atoms with Gasteiger partial charge in [-0.3, -0.25) is 0 Å². The Balaban J connectivity index is 2.64. The van der Waals surface area contributed by atoms with Crippen molar-refractivity contribution in [2.24, 2.45) is 11.8 Å². The molecule has 0 spiro atoms. The minimum absolute atomic E-state index is 0.536. The van der Waals surface area contributed by atoms with Gasteiger partial charge in [0.25, 0.3) is 0 Å². The zero-order valence-electron chi connectivity index (χ0n) is 11.3. The van der Waals surface area contributed by atoms with Crippen molar-refractivity contribution >= 4 is 17.3 Å². The van der Waals surface area contributed by atoms with Crippen LogP contribution in [0.3, 0.4) is 0 Å². The molecule has 1 N–H and O–H groups in total.